The Hall–Kier alpha value is -3.98. The number of rotatable bonds is 6. The predicted octanol–water partition coefficient (Wildman–Crippen LogP) is 4.40. The SMILES string of the molecule is COc1cccc2sc(N(Cc3ccco3)C(=O)c3cccc(N4C(=O)CCC4=O)c3)nc12. The van der Waals surface area contributed by atoms with Crippen molar-refractivity contribution in [3.8, 4) is 5.75 Å². The molecule has 1 aliphatic heterocycles. The first-order valence-electron chi connectivity index (χ1n) is 10.3. The molecule has 8 nitrogen and oxygen atoms in total. The van der Waals surface area contributed by atoms with Crippen LogP contribution >= 0.6 is 11.3 Å². The molecular weight excluding hydrogens is 442 g/mol. The highest BCUT2D eigenvalue weighted by atomic mass is 32.1. The molecule has 0 N–H and O–H groups in total. The molecule has 0 atom stereocenters. The number of amides is 3. The van der Waals surface area contributed by atoms with Crippen LogP contribution in [0, 0.1) is 0 Å². The van der Waals surface area contributed by atoms with Gasteiger partial charge in [0.25, 0.3) is 5.91 Å². The van der Waals surface area contributed by atoms with Gasteiger partial charge in [-0.15, -0.1) is 0 Å². The fraction of sp³-hybridized carbons (Fsp3) is 0.167. The van der Waals surface area contributed by atoms with E-state index < -0.39 is 0 Å². The van der Waals surface area contributed by atoms with Gasteiger partial charge in [0.2, 0.25) is 11.8 Å². The maximum absolute atomic E-state index is 13.7. The van der Waals surface area contributed by atoms with Crippen LogP contribution in [0.4, 0.5) is 10.8 Å². The Morgan fingerprint density at radius 2 is 1.91 bits per heavy atom. The molecule has 3 amide bonds. The van der Waals surface area contributed by atoms with Crippen LogP contribution in [0.2, 0.25) is 0 Å². The van der Waals surface area contributed by atoms with Crippen LogP contribution in [0.25, 0.3) is 10.2 Å². The number of anilines is 2. The van der Waals surface area contributed by atoms with E-state index in [1.165, 1.54) is 16.2 Å². The molecule has 1 aliphatic rings. The van der Waals surface area contributed by atoms with Crippen molar-refractivity contribution in [2.45, 2.75) is 19.4 Å². The van der Waals surface area contributed by atoms with Gasteiger partial charge in [0, 0.05) is 18.4 Å². The maximum Gasteiger partial charge on any atom is 0.260 e. The van der Waals surface area contributed by atoms with Crippen LogP contribution in [0.1, 0.15) is 29.0 Å². The highest BCUT2D eigenvalue weighted by molar-refractivity contribution is 7.22. The maximum atomic E-state index is 13.7. The molecule has 0 bridgehead atoms. The summed E-state index contributed by atoms with van der Waals surface area (Å²) >= 11 is 1.36. The summed E-state index contributed by atoms with van der Waals surface area (Å²) in [5.74, 6) is 0.347. The van der Waals surface area contributed by atoms with E-state index in [2.05, 4.69) is 4.98 Å². The van der Waals surface area contributed by atoms with Crippen LogP contribution in [0.3, 0.4) is 0 Å². The lowest BCUT2D eigenvalue weighted by atomic mass is 10.1. The van der Waals surface area contributed by atoms with E-state index in [1.54, 1.807) is 49.8 Å². The summed E-state index contributed by atoms with van der Waals surface area (Å²) in [5.41, 5.74) is 1.38. The third kappa shape index (κ3) is 3.87. The van der Waals surface area contributed by atoms with E-state index in [9.17, 15) is 14.4 Å². The largest absolute Gasteiger partial charge is 0.494 e. The molecule has 9 heteroatoms. The number of hydrogen-bond acceptors (Lipinski definition) is 7. The molecule has 4 aromatic rings. The number of nitrogens with zero attached hydrogens (tertiary/aromatic N) is 3. The quantitative estimate of drug-likeness (QED) is 0.395. The number of thiazole rings is 1. The number of carbonyl (C=O) groups is 3. The van der Waals surface area contributed by atoms with Gasteiger partial charge in [-0.2, -0.15) is 0 Å². The molecule has 0 unspecified atom stereocenters. The third-order valence-electron chi connectivity index (χ3n) is 5.36. The molecule has 2 aromatic carbocycles. The fourth-order valence-electron chi connectivity index (χ4n) is 3.77. The Morgan fingerprint density at radius 3 is 2.64 bits per heavy atom. The van der Waals surface area contributed by atoms with E-state index in [1.807, 2.05) is 18.2 Å². The number of carbonyl (C=O) groups excluding carboxylic acids is 3. The molecule has 0 saturated carbocycles. The van der Waals surface area contributed by atoms with Crippen molar-refractivity contribution in [2.75, 3.05) is 16.9 Å². The molecule has 0 radical (unpaired) electrons. The monoisotopic (exact) mass is 461 g/mol. The van der Waals surface area contributed by atoms with E-state index in [0.717, 1.165) is 9.60 Å². The van der Waals surface area contributed by atoms with Gasteiger partial charge in [0.05, 0.1) is 30.3 Å². The Bertz CT molecular complexity index is 1350. The van der Waals surface area contributed by atoms with Gasteiger partial charge < -0.3 is 9.15 Å². The average Bonchev–Trinajstić information content (AvgIpc) is 3.57. The molecule has 0 aliphatic carbocycles. The number of benzene rings is 2. The summed E-state index contributed by atoms with van der Waals surface area (Å²) in [6.45, 7) is 0.166. The minimum absolute atomic E-state index is 0.166. The van der Waals surface area contributed by atoms with Crippen molar-refractivity contribution in [2.24, 2.45) is 0 Å². The second kappa shape index (κ2) is 8.51. The van der Waals surface area contributed by atoms with Crippen LogP contribution in [-0.2, 0) is 16.1 Å². The van der Waals surface area contributed by atoms with Crippen molar-refractivity contribution < 1.29 is 23.5 Å². The molecule has 1 saturated heterocycles. The standard InChI is InChI=1S/C24H19N3O5S/c1-31-18-8-3-9-19-22(18)25-24(33-19)26(14-17-7-4-12-32-17)23(30)15-5-2-6-16(13-15)27-20(28)10-11-21(27)29/h2-9,12-13H,10-11,14H2,1H3. The summed E-state index contributed by atoms with van der Waals surface area (Å²) in [6.07, 6.45) is 1.90. The number of fused-ring (bicyclic) bond motifs is 1. The summed E-state index contributed by atoms with van der Waals surface area (Å²) in [4.78, 5) is 45.3. The molecule has 5 rings (SSSR count). The Kier molecular flexibility index (Phi) is 5.39. The molecule has 33 heavy (non-hydrogen) atoms. The fourth-order valence-corrected chi connectivity index (χ4v) is 4.76. The average molecular weight is 461 g/mol. The molecule has 166 valence electrons. The Labute approximate surface area is 193 Å². The lowest BCUT2D eigenvalue weighted by Gasteiger charge is -2.20. The van der Waals surface area contributed by atoms with Gasteiger partial charge in [-0.3, -0.25) is 24.2 Å². The first-order chi connectivity index (χ1) is 16.0. The normalized spacial score (nSPS) is 13.7. The molecular formula is C24H19N3O5S. The number of furan rings is 1. The number of imide groups is 1. The van der Waals surface area contributed by atoms with Crippen LogP contribution in [-0.4, -0.2) is 29.8 Å². The van der Waals surface area contributed by atoms with Crippen LogP contribution in [0.15, 0.2) is 65.3 Å². The van der Waals surface area contributed by atoms with Crippen molar-refractivity contribution in [3.05, 3.63) is 72.2 Å². The van der Waals surface area contributed by atoms with Crippen molar-refractivity contribution in [3.63, 3.8) is 0 Å². The van der Waals surface area contributed by atoms with E-state index in [0.29, 0.717) is 33.4 Å². The number of hydrogen-bond donors (Lipinski definition) is 0. The van der Waals surface area contributed by atoms with Gasteiger partial charge in [0.15, 0.2) is 5.13 Å². The molecule has 0 spiro atoms. The van der Waals surface area contributed by atoms with Crippen LogP contribution < -0.4 is 14.5 Å². The van der Waals surface area contributed by atoms with E-state index >= 15 is 0 Å². The Balaban J connectivity index is 1.55. The van der Waals surface area contributed by atoms with Gasteiger partial charge in [-0.1, -0.05) is 23.5 Å². The highest BCUT2D eigenvalue weighted by Crippen LogP contribution is 2.35. The highest BCUT2D eigenvalue weighted by Gasteiger charge is 2.31. The molecule has 3 heterocycles. The van der Waals surface area contributed by atoms with Gasteiger partial charge in [-0.25, -0.2) is 4.98 Å². The number of ether oxygens (including phenoxy) is 1. The first-order valence-corrected chi connectivity index (χ1v) is 11.1. The summed E-state index contributed by atoms with van der Waals surface area (Å²) in [7, 11) is 1.58. The zero-order valence-electron chi connectivity index (χ0n) is 17.7. The summed E-state index contributed by atoms with van der Waals surface area (Å²) < 4.78 is 11.8. The van der Waals surface area contributed by atoms with Crippen molar-refractivity contribution >= 4 is 50.1 Å². The minimum Gasteiger partial charge on any atom is -0.494 e. The molecule has 2 aromatic heterocycles. The molecule has 1 fully saturated rings. The van der Waals surface area contributed by atoms with Gasteiger partial charge in [-0.05, 0) is 42.5 Å². The predicted molar refractivity (Wildman–Crippen MR) is 124 cm³/mol. The van der Waals surface area contributed by atoms with E-state index in [-0.39, 0.29) is 37.1 Å². The van der Waals surface area contributed by atoms with Gasteiger partial charge >= 0.3 is 0 Å². The second-order valence-electron chi connectivity index (χ2n) is 7.45. The lowest BCUT2D eigenvalue weighted by molar-refractivity contribution is -0.121. The number of methoxy groups -OCH3 is 1. The van der Waals surface area contributed by atoms with E-state index in [4.69, 9.17) is 9.15 Å². The lowest BCUT2D eigenvalue weighted by Crippen LogP contribution is -2.31. The third-order valence-corrected chi connectivity index (χ3v) is 6.41. The first kappa shape index (κ1) is 20.9. The van der Waals surface area contributed by atoms with Crippen molar-refractivity contribution in [1.29, 1.82) is 0 Å². The van der Waals surface area contributed by atoms with Crippen LogP contribution in [0.5, 0.6) is 5.75 Å². The number of aromatic nitrogens is 1. The smallest absolute Gasteiger partial charge is 0.260 e. The summed E-state index contributed by atoms with van der Waals surface area (Å²) in [5, 5.41) is 0.481. The zero-order chi connectivity index (χ0) is 22.9. The second-order valence-corrected chi connectivity index (χ2v) is 8.46. The topological polar surface area (TPSA) is 93.0 Å². The Morgan fingerprint density at radius 1 is 1.12 bits per heavy atom. The minimum atomic E-state index is -0.328. The van der Waals surface area contributed by atoms with Crippen molar-refractivity contribution in [1.82, 2.24) is 4.98 Å². The zero-order valence-corrected chi connectivity index (χ0v) is 18.5. The number of para-hydroxylation sites is 1. The summed E-state index contributed by atoms with van der Waals surface area (Å²) in [6, 6.07) is 15.7. The van der Waals surface area contributed by atoms with Gasteiger partial charge in [0.1, 0.15) is 17.0 Å².